The zero-order valence-electron chi connectivity index (χ0n) is 18.0. The molecule has 0 unspecified atom stereocenters. The molecule has 4 rings (SSSR count). The molecule has 1 N–H and O–H groups in total. The topological polar surface area (TPSA) is 77.0 Å². The van der Waals surface area contributed by atoms with Gasteiger partial charge in [0.1, 0.15) is 11.4 Å². The third-order valence-corrected chi connectivity index (χ3v) is 5.18. The molecular formula is C26H24N4O2. The van der Waals surface area contributed by atoms with Gasteiger partial charge in [0.15, 0.2) is 0 Å². The van der Waals surface area contributed by atoms with Crippen LogP contribution in [0.5, 0.6) is 5.75 Å². The van der Waals surface area contributed by atoms with Crippen LogP contribution in [0.1, 0.15) is 34.6 Å². The molecule has 32 heavy (non-hydrogen) atoms. The summed E-state index contributed by atoms with van der Waals surface area (Å²) in [5.41, 5.74) is 4.91. The van der Waals surface area contributed by atoms with E-state index in [0.717, 1.165) is 40.4 Å². The van der Waals surface area contributed by atoms with Crippen LogP contribution in [0.2, 0.25) is 0 Å². The number of hydrogen-bond donors (Lipinski definition) is 1. The van der Waals surface area contributed by atoms with Crippen LogP contribution >= 0.6 is 0 Å². The lowest BCUT2D eigenvalue weighted by Gasteiger charge is -2.14. The monoisotopic (exact) mass is 424 g/mol. The number of ether oxygens (including phenoxy) is 1. The van der Waals surface area contributed by atoms with Crippen molar-refractivity contribution in [3.63, 3.8) is 0 Å². The molecule has 0 aliphatic heterocycles. The lowest BCUT2D eigenvalue weighted by Crippen LogP contribution is -2.13. The summed E-state index contributed by atoms with van der Waals surface area (Å²) in [6.07, 6.45) is 5.89. The molecule has 160 valence electrons. The fraction of sp³-hybridized carbons (Fsp3) is 0.154. The lowest BCUT2D eigenvalue weighted by atomic mass is 9.96. The predicted molar refractivity (Wildman–Crippen MR) is 125 cm³/mol. The van der Waals surface area contributed by atoms with Crippen molar-refractivity contribution in [2.24, 2.45) is 0 Å². The number of anilines is 1. The zero-order chi connectivity index (χ0) is 22.3. The number of carbonyl (C=O) groups is 1. The van der Waals surface area contributed by atoms with E-state index < -0.39 is 0 Å². The minimum Gasteiger partial charge on any atom is -0.497 e. The van der Waals surface area contributed by atoms with Gasteiger partial charge in [0.05, 0.1) is 24.7 Å². The van der Waals surface area contributed by atoms with E-state index in [1.165, 1.54) is 0 Å². The van der Waals surface area contributed by atoms with Crippen LogP contribution in [0.15, 0.2) is 85.3 Å². The van der Waals surface area contributed by atoms with E-state index in [1.54, 1.807) is 43.9 Å². The molecule has 6 heteroatoms. The highest BCUT2D eigenvalue weighted by Crippen LogP contribution is 2.25. The van der Waals surface area contributed by atoms with E-state index in [1.807, 2.05) is 42.5 Å². The third-order valence-electron chi connectivity index (χ3n) is 5.18. The molecule has 0 spiro atoms. The average molecular weight is 425 g/mol. The fourth-order valence-corrected chi connectivity index (χ4v) is 3.47. The number of benzene rings is 2. The molecule has 0 radical (unpaired) electrons. The Bertz CT molecular complexity index is 1210. The van der Waals surface area contributed by atoms with Crippen LogP contribution in [0.25, 0.3) is 11.3 Å². The maximum absolute atomic E-state index is 12.4. The Morgan fingerprint density at radius 2 is 1.91 bits per heavy atom. The van der Waals surface area contributed by atoms with Crippen LogP contribution in [-0.2, 0) is 6.42 Å². The molecule has 6 nitrogen and oxygen atoms in total. The van der Waals surface area contributed by atoms with Crippen LogP contribution in [0.3, 0.4) is 0 Å². The number of amides is 1. The summed E-state index contributed by atoms with van der Waals surface area (Å²) in [6.45, 7) is 2.14. The summed E-state index contributed by atoms with van der Waals surface area (Å²) in [5.74, 6) is 0.747. The molecule has 0 saturated heterocycles. The van der Waals surface area contributed by atoms with Gasteiger partial charge in [-0.15, -0.1) is 0 Å². The molecule has 0 bridgehead atoms. The zero-order valence-corrected chi connectivity index (χ0v) is 18.0. The molecule has 0 saturated carbocycles. The first-order valence-corrected chi connectivity index (χ1v) is 10.4. The molecule has 2 heterocycles. The standard InChI is InChI=1S/C26H24N4O2/c1-18(13-22-16-27-17-25(29-22)20-8-6-10-23(15-20)32-2)19-7-5-9-21(14-19)30-26(31)24-11-3-4-12-28-24/h3-12,14-18H,13H2,1-2H3,(H,30,31)/t18-/m1/s1. The Labute approximate surface area is 187 Å². The number of pyridine rings is 1. The quantitative estimate of drug-likeness (QED) is 0.444. The molecule has 1 atom stereocenters. The number of carbonyl (C=O) groups excluding carboxylic acids is 1. The third kappa shape index (κ3) is 5.16. The van der Waals surface area contributed by atoms with Gasteiger partial charge in [-0.2, -0.15) is 0 Å². The van der Waals surface area contributed by atoms with E-state index in [-0.39, 0.29) is 11.8 Å². The van der Waals surface area contributed by atoms with E-state index in [9.17, 15) is 4.79 Å². The van der Waals surface area contributed by atoms with E-state index in [2.05, 4.69) is 28.3 Å². The Balaban J connectivity index is 1.48. The van der Waals surface area contributed by atoms with Gasteiger partial charge in [0.2, 0.25) is 0 Å². The summed E-state index contributed by atoms with van der Waals surface area (Å²) < 4.78 is 5.31. The summed E-state index contributed by atoms with van der Waals surface area (Å²) in [4.78, 5) is 25.7. The predicted octanol–water partition coefficient (Wildman–Crippen LogP) is 5.15. The molecular weight excluding hydrogens is 400 g/mol. The maximum Gasteiger partial charge on any atom is 0.274 e. The first-order chi connectivity index (χ1) is 15.6. The normalized spacial score (nSPS) is 11.6. The number of nitrogens with one attached hydrogen (secondary N) is 1. The molecule has 0 aliphatic rings. The van der Waals surface area contributed by atoms with E-state index >= 15 is 0 Å². The largest absolute Gasteiger partial charge is 0.497 e. The summed E-state index contributed by atoms with van der Waals surface area (Å²) in [6, 6.07) is 20.9. The van der Waals surface area contributed by atoms with Crippen molar-refractivity contribution in [2.75, 3.05) is 12.4 Å². The summed E-state index contributed by atoms with van der Waals surface area (Å²) in [7, 11) is 1.65. The van der Waals surface area contributed by atoms with Gasteiger partial charge in [0, 0.05) is 23.6 Å². The van der Waals surface area contributed by atoms with Crippen molar-refractivity contribution < 1.29 is 9.53 Å². The van der Waals surface area contributed by atoms with Gasteiger partial charge in [-0.25, -0.2) is 4.98 Å². The van der Waals surface area contributed by atoms with Crippen molar-refractivity contribution in [1.82, 2.24) is 15.0 Å². The minimum atomic E-state index is -0.229. The highest BCUT2D eigenvalue weighted by Gasteiger charge is 2.12. The molecule has 4 aromatic rings. The Morgan fingerprint density at radius 3 is 2.72 bits per heavy atom. The van der Waals surface area contributed by atoms with E-state index in [0.29, 0.717) is 5.69 Å². The number of methoxy groups -OCH3 is 1. The van der Waals surface area contributed by atoms with Crippen molar-refractivity contribution in [2.45, 2.75) is 19.3 Å². The lowest BCUT2D eigenvalue weighted by molar-refractivity contribution is 0.102. The molecule has 2 aromatic heterocycles. The Kier molecular flexibility index (Phi) is 6.51. The van der Waals surface area contributed by atoms with Gasteiger partial charge in [-0.05, 0) is 54.3 Å². The Hall–Kier alpha value is -4.06. The summed E-state index contributed by atoms with van der Waals surface area (Å²) >= 11 is 0. The highest BCUT2D eigenvalue weighted by atomic mass is 16.5. The van der Waals surface area contributed by atoms with Crippen molar-refractivity contribution in [3.8, 4) is 17.0 Å². The van der Waals surface area contributed by atoms with Gasteiger partial charge < -0.3 is 10.1 Å². The average Bonchev–Trinajstić information content (AvgIpc) is 2.85. The first-order valence-electron chi connectivity index (χ1n) is 10.4. The number of hydrogen-bond acceptors (Lipinski definition) is 5. The van der Waals surface area contributed by atoms with Gasteiger partial charge in [0.25, 0.3) is 5.91 Å². The number of aromatic nitrogens is 3. The second-order valence-electron chi connectivity index (χ2n) is 7.53. The van der Waals surface area contributed by atoms with Crippen molar-refractivity contribution in [1.29, 1.82) is 0 Å². The van der Waals surface area contributed by atoms with Crippen LogP contribution in [0, 0.1) is 0 Å². The van der Waals surface area contributed by atoms with Crippen LogP contribution in [-0.4, -0.2) is 28.0 Å². The second kappa shape index (κ2) is 9.83. The SMILES string of the molecule is COc1cccc(-c2cncc(C[C@@H](C)c3cccc(NC(=O)c4ccccn4)c3)n2)c1. The van der Waals surface area contributed by atoms with Gasteiger partial charge >= 0.3 is 0 Å². The smallest absolute Gasteiger partial charge is 0.274 e. The first kappa shape index (κ1) is 21.2. The van der Waals surface area contributed by atoms with Crippen LogP contribution < -0.4 is 10.1 Å². The molecule has 0 aliphatic carbocycles. The van der Waals surface area contributed by atoms with Gasteiger partial charge in [-0.1, -0.05) is 37.3 Å². The molecule has 0 fully saturated rings. The van der Waals surface area contributed by atoms with Crippen molar-refractivity contribution >= 4 is 11.6 Å². The van der Waals surface area contributed by atoms with Crippen molar-refractivity contribution in [3.05, 3.63) is 102 Å². The summed E-state index contributed by atoms with van der Waals surface area (Å²) in [5, 5.41) is 2.92. The number of nitrogens with zero attached hydrogens (tertiary/aromatic N) is 3. The Morgan fingerprint density at radius 1 is 1.03 bits per heavy atom. The molecule has 2 aromatic carbocycles. The van der Waals surface area contributed by atoms with E-state index in [4.69, 9.17) is 9.72 Å². The van der Waals surface area contributed by atoms with Crippen LogP contribution in [0.4, 0.5) is 5.69 Å². The minimum absolute atomic E-state index is 0.191. The van der Waals surface area contributed by atoms with Gasteiger partial charge in [-0.3, -0.25) is 14.8 Å². The highest BCUT2D eigenvalue weighted by molar-refractivity contribution is 6.02. The second-order valence-corrected chi connectivity index (χ2v) is 7.53. The fourth-order valence-electron chi connectivity index (χ4n) is 3.47. The maximum atomic E-state index is 12.4. The molecule has 1 amide bonds. The number of rotatable bonds is 7.